The average molecular weight is 274 g/mol. The van der Waals surface area contributed by atoms with E-state index in [-0.39, 0.29) is 11.6 Å². The monoisotopic (exact) mass is 274 g/mol. The van der Waals surface area contributed by atoms with Crippen LogP contribution in [0.3, 0.4) is 0 Å². The summed E-state index contributed by atoms with van der Waals surface area (Å²) in [6, 6.07) is 3.32. The third kappa shape index (κ3) is 1.72. The van der Waals surface area contributed by atoms with Crippen molar-refractivity contribution in [2.75, 3.05) is 12.8 Å². The molecule has 3 N–H and O–H groups in total. The quantitative estimate of drug-likeness (QED) is 0.829. The van der Waals surface area contributed by atoms with E-state index >= 15 is 0 Å². The van der Waals surface area contributed by atoms with E-state index < -0.39 is 11.4 Å². The van der Waals surface area contributed by atoms with E-state index in [2.05, 4.69) is 0 Å². The number of hydrogen-bond acceptors (Lipinski definition) is 4. The molecule has 1 aromatic heterocycles. The molecule has 1 heterocycles. The van der Waals surface area contributed by atoms with E-state index in [1.165, 1.54) is 13.3 Å². The van der Waals surface area contributed by atoms with E-state index in [0.717, 1.165) is 12.8 Å². The molecular formula is C14H14N2O4. The highest BCUT2D eigenvalue weighted by atomic mass is 16.5. The second kappa shape index (κ2) is 4.26. The highest BCUT2D eigenvalue weighted by Gasteiger charge is 2.28. The van der Waals surface area contributed by atoms with Crippen LogP contribution in [-0.2, 0) is 0 Å². The van der Waals surface area contributed by atoms with Crippen molar-refractivity contribution in [2.24, 2.45) is 0 Å². The first-order valence-corrected chi connectivity index (χ1v) is 6.29. The lowest BCUT2D eigenvalue weighted by Crippen LogP contribution is -2.19. The molecule has 0 unspecified atom stereocenters. The van der Waals surface area contributed by atoms with E-state index in [9.17, 15) is 9.59 Å². The topological polar surface area (TPSA) is 94.6 Å². The number of carbonyl (C=O) groups is 1. The smallest absolute Gasteiger partial charge is 0.341 e. The lowest BCUT2D eigenvalue weighted by Gasteiger charge is -2.15. The molecule has 1 aromatic carbocycles. The summed E-state index contributed by atoms with van der Waals surface area (Å²) in [6.45, 7) is 0. The van der Waals surface area contributed by atoms with Crippen molar-refractivity contribution >= 4 is 22.6 Å². The zero-order chi connectivity index (χ0) is 14.4. The number of benzene rings is 1. The number of carboxylic acid groups (broad SMARTS) is 1. The Labute approximate surface area is 114 Å². The highest BCUT2D eigenvalue weighted by molar-refractivity contribution is 5.96. The van der Waals surface area contributed by atoms with Crippen LogP contribution in [0.5, 0.6) is 5.75 Å². The number of rotatable bonds is 3. The van der Waals surface area contributed by atoms with E-state index in [1.54, 1.807) is 16.7 Å². The van der Waals surface area contributed by atoms with Gasteiger partial charge in [0.15, 0.2) is 5.75 Å². The second-order valence-corrected chi connectivity index (χ2v) is 4.90. The number of methoxy groups -OCH3 is 1. The largest absolute Gasteiger partial charge is 0.492 e. The summed E-state index contributed by atoms with van der Waals surface area (Å²) in [5, 5.41) is 9.49. The van der Waals surface area contributed by atoms with Crippen molar-refractivity contribution in [3.05, 3.63) is 34.1 Å². The van der Waals surface area contributed by atoms with Gasteiger partial charge in [0.05, 0.1) is 23.7 Å². The summed E-state index contributed by atoms with van der Waals surface area (Å²) in [5.41, 5.74) is 6.14. The van der Waals surface area contributed by atoms with Crippen molar-refractivity contribution in [1.29, 1.82) is 0 Å². The predicted molar refractivity (Wildman–Crippen MR) is 74.4 cm³/mol. The van der Waals surface area contributed by atoms with Gasteiger partial charge in [0.25, 0.3) is 0 Å². The SMILES string of the molecule is COc1c(N)ccc2c(=O)c(C(=O)O)cn(C3CC3)c12. The Kier molecular flexibility index (Phi) is 2.67. The van der Waals surface area contributed by atoms with Gasteiger partial charge in [0.1, 0.15) is 5.56 Å². The molecule has 0 spiro atoms. The molecule has 104 valence electrons. The van der Waals surface area contributed by atoms with Crippen molar-refractivity contribution < 1.29 is 14.6 Å². The van der Waals surface area contributed by atoms with Crippen molar-refractivity contribution in [2.45, 2.75) is 18.9 Å². The Hall–Kier alpha value is -2.50. The summed E-state index contributed by atoms with van der Waals surface area (Å²) >= 11 is 0. The molecule has 3 rings (SSSR count). The second-order valence-electron chi connectivity index (χ2n) is 4.90. The Balaban J connectivity index is 2.48. The van der Waals surface area contributed by atoms with Crippen LogP contribution in [0.1, 0.15) is 29.2 Å². The number of hydrogen-bond donors (Lipinski definition) is 2. The molecule has 2 aromatic rings. The molecule has 1 fully saturated rings. The van der Waals surface area contributed by atoms with Crippen LogP contribution in [0, 0.1) is 0 Å². The van der Waals surface area contributed by atoms with Gasteiger partial charge in [-0.15, -0.1) is 0 Å². The number of fused-ring (bicyclic) bond motifs is 1. The van der Waals surface area contributed by atoms with Gasteiger partial charge in [-0.2, -0.15) is 0 Å². The zero-order valence-electron chi connectivity index (χ0n) is 10.9. The molecule has 1 saturated carbocycles. The Bertz CT molecular complexity index is 775. The Morgan fingerprint density at radius 1 is 1.45 bits per heavy atom. The maximum Gasteiger partial charge on any atom is 0.341 e. The molecule has 0 aliphatic heterocycles. The van der Waals surface area contributed by atoms with Crippen LogP contribution in [0.25, 0.3) is 10.9 Å². The Morgan fingerprint density at radius 2 is 2.15 bits per heavy atom. The summed E-state index contributed by atoms with van der Waals surface area (Å²) in [7, 11) is 1.48. The first-order valence-electron chi connectivity index (χ1n) is 6.29. The van der Waals surface area contributed by atoms with E-state index in [1.807, 2.05) is 0 Å². The summed E-state index contributed by atoms with van der Waals surface area (Å²) < 4.78 is 7.10. The van der Waals surface area contributed by atoms with Gasteiger partial charge in [-0.25, -0.2) is 4.79 Å². The van der Waals surface area contributed by atoms with Crippen LogP contribution in [0.4, 0.5) is 5.69 Å². The molecule has 1 aliphatic carbocycles. The fourth-order valence-corrected chi connectivity index (χ4v) is 2.44. The number of anilines is 1. The Morgan fingerprint density at radius 3 is 2.70 bits per heavy atom. The standard InChI is InChI=1S/C14H14N2O4/c1-20-13-10(15)5-4-8-11(13)16(7-2-3-7)6-9(12(8)17)14(18)19/h4-7H,2-3,15H2,1H3,(H,18,19). The van der Waals surface area contributed by atoms with Gasteiger partial charge in [-0.1, -0.05) is 0 Å². The number of ether oxygens (including phenoxy) is 1. The number of carboxylic acids is 1. The zero-order valence-corrected chi connectivity index (χ0v) is 10.9. The summed E-state index contributed by atoms with van der Waals surface area (Å²) in [5.74, 6) is -0.800. The fraction of sp³-hybridized carbons (Fsp3) is 0.286. The minimum atomic E-state index is -1.22. The highest BCUT2D eigenvalue weighted by Crippen LogP contribution is 2.40. The number of aromatic carboxylic acids is 1. The van der Waals surface area contributed by atoms with Gasteiger partial charge >= 0.3 is 5.97 Å². The van der Waals surface area contributed by atoms with Crippen LogP contribution < -0.4 is 15.9 Å². The third-order valence-electron chi connectivity index (χ3n) is 3.55. The first-order chi connectivity index (χ1) is 9.54. The maximum absolute atomic E-state index is 12.3. The van der Waals surface area contributed by atoms with Crippen molar-refractivity contribution in [1.82, 2.24) is 4.57 Å². The van der Waals surface area contributed by atoms with Crippen LogP contribution in [-0.4, -0.2) is 22.8 Å². The number of nitrogen functional groups attached to an aromatic ring is 1. The van der Waals surface area contributed by atoms with Crippen LogP contribution in [0.2, 0.25) is 0 Å². The van der Waals surface area contributed by atoms with E-state index in [0.29, 0.717) is 22.3 Å². The molecule has 6 nitrogen and oxygen atoms in total. The molecule has 0 saturated heterocycles. The van der Waals surface area contributed by atoms with Crippen LogP contribution >= 0.6 is 0 Å². The molecule has 1 aliphatic rings. The number of aromatic nitrogens is 1. The van der Waals surface area contributed by atoms with Gasteiger partial charge in [-0.3, -0.25) is 4.79 Å². The molecule has 20 heavy (non-hydrogen) atoms. The molecule has 6 heteroatoms. The molecule has 0 bridgehead atoms. The van der Waals surface area contributed by atoms with E-state index in [4.69, 9.17) is 15.6 Å². The van der Waals surface area contributed by atoms with Crippen LogP contribution in [0.15, 0.2) is 23.1 Å². The maximum atomic E-state index is 12.3. The predicted octanol–water partition coefficient (Wildman–Crippen LogP) is 1.63. The van der Waals surface area contributed by atoms with Crippen molar-refractivity contribution in [3.63, 3.8) is 0 Å². The lowest BCUT2D eigenvalue weighted by molar-refractivity contribution is 0.0695. The summed E-state index contributed by atoms with van der Waals surface area (Å²) in [4.78, 5) is 23.5. The van der Waals surface area contributed by atoms with Gasteiger partial charge in [0.2, 0.25) is 5.43 Å². The first kappa shape index (κ1) is 12.5. The van der Waals surface area contributed by atoms with Gasteiger partial charge < -0.3 is 20.1 Å². The molecule has 0 atom stereocenters. The number of nitrogens with two attached hydrogens (primary N) is 1. The minimum Gasteiger partial charge on any atom is -0.492 e. The normalized spacial score (nSPS) is 14.4. The van der Waals surface area contributed by atoms with Gasteiger partial charge in [-0.05, 0) is 25.0 Å². The summed E-state index contributed by atoms with van der Waals surface area (Å²) in [6.07, 6.45) is 3.30. The molecular weight excluding hydrogens is 260 g/mol. The van der Waals surface area contributed by atoms with Crippen molar-refractivity contribution in [3.8, 4) is 5.75 Å². The fourth-order valence-electron chi connectivity index (χ4n) is 2.44. The lowest BCUT2D eigenvalue weighted by atomic mass is 10.1. The third-order valence-corrected chi connectivity index (χ3v) is 3.55. The minimum absolute atomic E-state index is 0.201. The van der Waals surface area contributed by atoms with Gasteiger partial charge in [0, 0.05) is 12.2 Å². The molecule has 0 amide bonds. The number of pyridine rings is 1. The molecule has 0 radical (unpaired) electrons. The average Bonchev–Trinajstić information content (AvgIpc) is 3.23. The number of nitrogens with zero attached hydrogens (tertiary/aromatic N) is 1.